The zero-order chi connectivity index (χ0) is 20.5. The third-order valence-electron chi connectivity index (χ3n) is 3.67. The number of amides is 1. The number of aryl methyl sites for hydroxylation is 1. The molecule has 2 aromatic rings. The van der Waals surface area contributed by atoms with Crippen molar-refractivity contribution >= 4 is 40.0 Å². The lowest BCUT2D eigenvalue weighted by molar-refractivity contribution is -0.113. The molecule has 0 aliphatic carbocycles. The van der Waals surface area contributed by atoms with Crippen LogP contribution in [0, 0.1) is 0 Å². The minimum Gasteiger partial charge on any atom is -0.462 e. The quantitative estimate of drug-likeness (QED) is 0.320. The average Bonchev–Trinajstić information content (AvgIpc) is 3.24. The van der Waals surface area contributed by atoms with Gasteiger partial charge in [-0.25, -0.2) is 14.7 Å². The first-order valence-corrected chi connectivity index (χ1v) is 10.7. The number of aromatic nitrogens is 3. The smallest absolute Gasteiger partial charge is 0.343 e. The lowest BCUT2D eigenvalue weighted by atomic mass is 10.2. The van der Waals surface area contributed by atoms with Crippen LogP contribution in [0.15, 0.2) is 16.0 Å². The topological polar surface area (TPSA) is 115 Å². The number of anilines is 1. The second-order valence-electron chi connectivity index (χ2n) is 5.68. The highest BCUT2D eigenvalue weighted by Crippen LogP contribution is 2.29. The molecule has 2 heterocycles. The van der Waals surface area contributed by atoms with Crippen molar-refractivity contribution in [2.24, 2.45) is 0 Å². The van der Waals surface area contributed by atoms with Crippen LogP contribution in [0.5, 0.6) is 0 Å². The number of carbonyl (C=O) groups excluding carboxylic acids is 2. The molecule has 0 aliphatic rings. The van der Waals surface area contributed by atoms with Crippen LogP contribution in [-0.4, -0.2) is 52.7 Å². The number of nitrogens with one attached hydrogen (secondary N) is 2. The molecule has 154 valence electrons. The maximum Gasteiger partial charge on any atom is 0.343 e. The average molecular weight is 429 g/mol. The largest absolute Gasteiger partial charge is 0.462 e. The summed E-state index contributed by atoms with van der Waals surface area (Å²) in [5, 5.41) is 10.0. The summed E-state index contributed by atoms with van der Waals surface area (Å²) in [5.41, 5.74) is 0.0350. The van der Waals surface area contributed by atoms with Crippen LogP contribution >= 0.6 is 23.1 Å². The van der Waals surface area contributed by atoms with E-state index >= 15 is 0 Å². The first-order valence-electron chi connectivity index (χ1n) is 8.86. The number of thiophene rings is 1. The van der Waals surface area contributed by atoms with Crippen molar-refractivity contribution in [1.29, 1.82) is 0 Å². The van der Waals surface area contributed by atoms with Gasteiger partial charge in [0, 0.05) is 25.1 Å². The molecule has 0 atom stereocenters. The summed E-state index contributed by atoms with van der Waals surface area (Å²) in [6.45, 7) is 4.94. The number of hydrogen-bond donors (Lipinski definition) is 2. The lowest BCUT2D eigenvalue weighted by Crippen LogP contribution is -2.20. The maximum atomic E-state index is 12.4. The molecule has 2 aromatic heterocycles. The standard InChI is InChI=1S/C17H24N4O5S2/c1-4-11-9-12(15(23)26-5-2)14(28-11)18-13(22)10-27-17-20-19-16(24)21(17)7-6-8-25-3/h9H,4-8,10H2,1-3H3,(H,18,22)(H,19,24). The maximum absolute atomic E-state index is 12.4. The molecule has 0 spiro atoms. The Morgan fingerprint density at radius 1 is 1.39 bits per heavy atom. The van der Waals surface area contributed by atoms with Crippen molar-refractivity contribution in [1.82, 2.24) is 14.8 Å². The summed E-state index contributed by atoms with van der Waals surface area (Å²) in [6.07, 6.45) is 1.41. The molecule has 0 radical (unpaired) electrons. The van der Waals surface area contributed by atoms with Crippen molar-refractivity contribution in [2.45, 2.75) is 38.4 Å². The Labute approximate surface area is 170 Å². The number of carbonyl (C=O) groups is 2. The monoisotopic (exact) mass is 428 g/mol. The summed E-state index contributed by atoms with van der Waals surface area (Å²) >= 11 is 2.50. The van der Waals surface area contributed by atoms with Gasteiger partial charge >= 0.3 is 11.7 Å². The third kappa shape index (κ3) is 5.94. The summed E-state index contributed by atoms with van der Waals surface area (Å²) in [5.74, 6) is -0.699. The van der Waals surface area contributed by atoms with E-state index in [4.69, 9.17) is 9.47 Å². The zero-order valence-electron chi connectivity index (χ0n) is 16.1. The van der Waals surface area contributed by atoms with Crippen molar-refractivity contribution in [3.05, 3.63) is 27.0 Å². The van der Waals surface area contributed by atoms with Crippen molar-refractivity contribution < 1.29 is 19.1 Å². The number of rotatable bonds is 11. The van der Waals surface area contributed by atoms with Gasteiger partial charge in [-0.2, -0.15) is 0 Å². The number of thioether (sulfide) groups is 1. The van der Waals surface area contributed by atoms with E-state index in [0.29, 0.717) is 35.3 Å². The van der Waals surface area contributed by atoms with Crippen LogP contribution in [0.4, 0.5) is 5.00 Å². The summed E-state index contributed by atoms with van der Waals surface area (Å²) in [7, 11) is 1.59. The molecule has 0 fully saturated rings. The van der Waals surface area contributed by atoms with E-state index in [1.54, 1.807) is 20.1 Å². The van der Waals surface area contributed by atoms with Crippen molar-refractivity contribution in [2.75, 3.05) is 31.4 Å². The van der Waals surface area contributed by atoms with E-state index in [-0.39, 0.29) is 24.0 Å². The summed E-state index contributed by atoms with van der Waals surface area (Å²) < 4.78 is 11.5. The molecule has 28 heavy (non-hydrogen) atoms. The van der Waals surface area contributed by atoms with Gasteiger partial charge in [-0.15, -0.1) is 16.4 Å². The first-order chi connectivity index (χ1) is 13.5. The Hall–Kier alpha value is -2.11. The van der Waals surface area contributed by atoms with Gasteiger partial charge in [0.2, 0.25) is 5.91 Å². The number of esters is 1. The van der Waals surface area contributed by atoms with E-state index in [1.165, 1.54) is 15.9 Å². The summed E-state index contributed by atoms with van der Waals surface area (Å²) in [6, 6.07) is 1.74. The predicted molar refractivity (Wildman–Crippen MR) is 108 cm³/mol. The molecule has 9 nitrogen and oxygen atoms in total. The van der Waals surface area contributed by atoms with Gasteiger partial charge in [-0.1, -0.05) is 18.7 Å². The Bertz CT molecular complexity index is 858. The van der Waals surface area contributed by atoms with Crippen molar-refractivity contribution in [3.8, 4) is 0 Å². The van der Waals surface area contributed by atoms with Crippen LogP contribution in [0.1, 0.15) is 35.5 Å². The number of methoxy groups -OCH3 is 1. The van der Waals surface area contributed by atoms with Gasteiger partial charge in [-0.05, 0) is 25.8 Å². The van der Waals surface area contributed by atoms with Gasteiger partial charge in [0.1, 0.15) is 5.00 Å². The van der Waals surface area contributed by atoms with E-state index in [9.17, 15) is 14.4 Å². The van der Waals surface area contributed by atoms with Crippen LogP contribution in [0.3, 0.4) is 0 Å². The molecular weight excluding hydrogens is 404 g/mol. The fourth-order valence-electron chi connectivity index (χ4n) is 2.34. The lowest BCUT2D eigenvalue weighted by Gasteiger charge is -2.07. The Morgan fingerprint density at radius 2 is 2.18 bits per heavy atom. The van der Waals surface area contributed by atoms with Crippen LogP contribution in [-0.2, 0) is 27.2 Å². The number of aromatic amines is 1. The third-order valence-corrected chi connectivity index (χ3v) is 5.84. The van der Waals surface area contributed by atoms with E-state index in [0.717, 1.165) is 23.1 Å². The van der Waals surface area contributed by atoms with Crippen molar-refractivity contribution in [3.63, 3.8) is 0 Å². The highest BCUT2D eigenvalue weighted by Gasteiger charge is 2.19. The molecule has 0 saturated carbocycles. The number of H-pyrrole nitrogens is 1. The van der Waals surface area contributed by atoms with Gasteiger partial charge < -0.3 is 14.8 Å². The highest BCUT2D eigenvalue weighted by atomic mass is 32.2. The molecule has 1 amide bonds. The van der Waals surface area contributed by atoms with Crippen LogP contribution < -0.4 is 11.0 Å². The first kappa shape index (κ1) is 22.2. The molecule has 2 N–H and O–H groups in total. The van der Waals surface area contributed by atoms with Crippen LogP contribution in [0.25, 0.3) is 0 Å². The van der Waals surface area contributed by atoms with Gasteiger partial charge in [-0.3, -0.25) is 9.36 Å². The van der Waals surface area contributed by atoms with Gasteiger partial charge in [0.05, 0.1) is 17.9 Å². The Kier molecular flexibility index (Phi) is 8.74. The highest BCUT2D eigenvalue weighted by molar-refractivity contribution is 7.99. The molecule has 0 unspecified atom stereocenters. The molecule has 0 saturated heterocycles. The Morgan fingerprint density at radius 3 is 2.86 bits per heavy atom. The minimum absolute atomic E-state index is 0.0518. The van der Waals surface area contributed by atoms with Crippen LogP contribution in [0.2, 0.25) is 0 Å². The fourth-order valence-corrected chi connectivity index (χ4v) is 4.11. The normalized spacial score (nSPS) is 10.8. The van der Waals surface area contributed by atoms with Gasteiger partial charge in [0.25, 0.3) is 0 Å². The van der Waals surface area contributed by atoms with E-state index in [1.807, 2.05) is 6.92 Å². The molecule has 2 rings (SSSR count). The second-order valence-corrected chi connectivity index (χ2v) is 7.75. The molecule has 0 bridgehead atoms. The second kappa shape index (κ2) is 11.0. The SMILES string of the molecule is CCOC(=O)c1cc(CC)sc1NC(=O)CSc1n[nH]c(=O)n1CCCOC. The molecule has 0 aliphatic heterocycles. The van der Waals surface area contributed by atoms with E-state index < -0.39 is 5.97 Å². The predicted octanol–water partition coefficient (Wildman–Crippen LogP) is 2.14. The fraction of sp³-hybridized carbons (Fsp3) is 0.529. The van der Waals surface area contributed by atoms with E-state index in [2.05, 4.69) is 15.5 Å². The number of nitrogens with zero attached hydrogens (tertiary/aromatic N) is 2. The molecular formula is C17H24N4O5S2. The minimum atomic E-state index is -0.458. The zero-order valence-corrected chi connectivity index (χ0v) is 17.7. The Balaban J connectivity index is 2.01. The molecule has 0 aromatic carbocycles. The number of hydrogen-bond acceptors (Lipinski definition) is 8. The molecule has 11 heteroatoms. The number of ether oxygens (including phenoxy) is 2. The van der Waals surface area contributed by atoms with Gasteiger partial charge in [0.15, 0.2) is 5.16 Å². The summed E-state index contributed by atoms with van der Waals surface area (Å²) in [4.78, 5) is 37.3.